The van der Waals surface area contributed by atoms with E-state index in [0.717, 1.165) is 28.6 Å². The standard InChI is InChI=1S/C25H28N4O5/c1-4-11-34-17-7-5-16(6-8-17)14-26-22(30)9-10-29-15-27-23-18-12-20(32-2)21(33-3)13-19(18)28-24(23)25(29)31/h5-8,12-13,15,28H,4,9-11,14H2,1-3H3,(H,26,30). The zero-order chi connectivity index (χ0) is 24.1. The lowest BCUT2D eigenvalue weighted by molar-refractivity contribution is -0.121. The van der Waals surface area contributed by atoms with E-state index in [4.69, 9.17) is 14.2 Å². The SMILES string of the molecule is CCCOc1ccc(CNC(=O)CCn2cnc3c([nH]c4cc(OC)c(OC)cc43)c2=O)cc1. The normalized spacial score (nSPS) is 11.0. The van der Waals surface area contributed by atoms with Crippen LogP contribution >= 0.6 is 0 Å². The quantitative estimate of drug-likeness (QED) is 0.373. The number of fused-ring (bicyclic) bond motifs is 3. The molecule has 0 radical (unpaired) electrons. The summed E-state index contributed by atoms with van der Waals surface area (Å²) in [5.41, 5.74) is 2.38. The highest BCUT2D eigenvalue weighted by atomic mass is 16.5. The first kappa shape index (κ1) is 23.2. The van der Waals surface area contributed by atoms with E-state index >= 15 is 0 Å². The van der Waals surface area contributed by atoms with Gasteiger partial charge in [0.15, 0.2) is 11.5 Å². The van der Waals surface area contributed by atoms with Crippen LogP contribution in [0.5, 0.6) is 17.2 Å². The zero-order valence-corrected chi connectivity index (χ0v) is 19.5. The molecule has 34 heavy (non-hydrogen) atoms. The summed E-state index contributed by atoms with van der Waals surface area (Å²) >= 11 is 0. The van der Waals surface area contributed by atoms with Gasteiger partial charge in [-0.3, -0.25) is 14.2 Å². The van der Waals surface area contributed by atoms with Crippen LogP contribution in [0.1, 0.15) is 25.3 Å². The second-order valence-corrected chi connectivity index (χ2v) is 7.86. The van der Waals surface area contributed by atoms with Gasteiger partial charge in [0.2, 0.25) is 5.91 Å². The molecule has 0 bridgehead atoms. The molecule has 0 atom stereocenters. The van der Waals surface area contributed by atoms with Gasteiger partial charge < -0.3 is 24.5 Å². The van der Waals surface area contributed by atoms with Crippen LogP contribution in [0.15, 0.2) is 47.5 Å². The number of hydrogen-bond donors (Lipinski definition) is 2. The number of methoxy groups -OCH3 is 2. The number of carbonyl (C=O) groups excluding carboxylic acids is 1. The first-order valence-corrected chi connectivity index (χ1v) is 11.1. The summed E-state index contributed by atoms with van der Waals surface area (Å²) in [7, 11) is 3.11. The van der Waals surface area contributed by atoms with Gasteiger partial charge in [-0.2, -0.15) is 0 Å². The third-order valence-corrected chi connectivity index (χ3v) is 5.54. The molecule has 0 unspecified atom stereocenters. The summed E-state index contributed by atoms with van der Waals surface area (Å²) in [4.78, 5) is 32.9. The Balaban J connectivity index is 1.42. The molecule has 0 fully saturated rings. The fourth-order valence-corrected chi connectivity index (χ4v) is 3.71. The summed E-state index contributed by atoms with van der Waals surface area (Å²) in [5, 5.41) is 3.65. The number of H-pyrrole nitrogens is 1. The van der Waals surface area contributed by atoms with Gasteiger partial charge in [-0.05, 0) is 30.2 Å². The Labute approximate surface area is 196 Å². The molecule has 0 saturated heterocycles. The number of benzene rings is 2. The Morgan fingerprint density at radius 1 is 1.12 bits per heavy atom. The molecule has 2 heterocycles. The highest BCUT2D eigenvalue weighted by Crippen LogP contribution is 2.34. The molecule has 178 valence electrons. The molecule has 9 heteroatoms. The highest BCUT2D eigenvalue weighted by Gasteiger charge is 2.15. The number of amides is 1. The van der Waals surface area contributed by atoms with E-state index in [-0.39, 0.29) is 24.4 Å². The second-order valence-electron chi connectivity index (χ2n) is 7.86. The number of rotatable bonds is 10. The van der Waals surface area contributed by atoms with Gasteiger partial charge in [0.1, 0.15) is 16.8 Å². The third kappa shape index (κ3) is 4.83. The maximum atomic E-state index is 13.0. The number of nitrogens with one attached hydrogen (secondary N) is 2. The Hall–Kier alpha value is -4.01. The Bertz CT molecular complexity index is 1360. The van der Waals surface area contributed by atoms with Crippen LogP contribution in [0, 0.1) is 0 Å². The zero-order valence-electron chi connectivity index (χ0n) is 19.5. The highest BCUT2D eigenvalue weighted by molar-refractivity contribution is 6.05. The average molecular weight is 465 g/mol. The lowest BCUT2D eigenvalue weighted by Gasteiger charge is -2.08. The van der Waals surface area contributed by atoms with Crippen LogP contribution < -0.4 is 25.1 Å². The van der Waals surface area contributed by atoms with E-state index in [0.29, 0.717) is 35.7 Å². The first-order chi connectivity index (χ1) is 16.5. The molecule has 9 nitrogen and oxygen atoms in total. The maximum Gasteiger partial charge on any atom is 0.277 e. The van der Waals surface area contributed by atoms with Crippen LogP contribution in [0.25, 0.3) is 21.9 Å². The van der Waals surface area contributed by atoms with Crippen molar-refractivity contribution in [2.45, 2.75) is 32.9 Å². The molecule has 0 aliphatic rings. The van der Waals surface area contributed by atoms with E-state index in [1.807, 2.05) is 24.3 Å². The van der Waals surface area contributed by atoms with E-state index in [9.17, 15) is 9.59 Å². The Kier molecular flexibility index (Phi) is 7.01. The third-order valence-electron chi connectivity index (χ3n) is 5.54. The van der Waals surface area contributed by atoms with Crippen molar-refractivity contribution in [2.75, 3.05) is 20.8 Å². The number of hydrogen-bond acceptors (Lipinski definition) is 6. The van der Waals surface area contributed by atoms with Crippen molar-refractivity contribution in [3.63, 3.8) is 0 Å². The predicted octanol–water partition coefficient (Wildman–Crippen LogP) is 3.39. The van der Waals surface area contributed by atoms with Crippen molar-refractivity contribution in [3.05, 3.63) is 58.6 Å². The fourth-order valence-electron chi connectivity index (χ4n) is 3.71. The Morgan fingerprint density at radius 3 is 2.56 bits per heavy atom. The Morgan fingerprint density at radius 2 is 1.85 bits per heavy atom. The number of nitrogens with zero attached hydrogens (tertiary/aromatic N) is 2. The van der Waals surface area contributed by atoms with Crippen molar-refractivity contribution in [2.24, 2.45) is 0 Å². The largest absolute Gasteiger partial charge is 0.494 e. The van der Waals surface area contributed by atoms with Gasteiger partial charge in [0.25, 0.3) is 5.56 Å². The topological polar surface area (TPSA) is 107 Å². The summed E-state index contributed by atoms with van der Waals surface area (Å²) in [6.45, 7) is 3.36. The minimum Gasteiger partial charge on any atom is -0.494 e. The number of aromatic amines is 1. The molecule has 4 rings (SSSR count). The van der Waals surface area contributed by atoms with E-state index < -0.39 is 0 Å². The number of aryl methyl sites for hydroxylation is 1. The van der Waals surface area contributed by atoms with Gasteiger partial charge in [0, 0.05) is 31.0 Å². The maximum absolute atomic E-state index is 13.0. The summed E-state index contributed by atoms with van der Waals surface area (Å²) in [6.07, 6.45) is 2.58. The average Bonchev–Trinajstić information content (AvgIpc) is 3.23. The smallest absolute Gasteiger partial charge is 0.277 e. The predicted molar refractivity (Wildman–Crippen MR) is 130 cm³/mol. The fraction of sp³-hybridized carbons (Fsp3) is 0.320. The lowest BCUT2D eigenvalue weighted by atomic mass is 10.2. The number of carbonyl (C=O) groups is 1. The summed E-state index contributed by atoms with van der Waals surface area (Å²) in [6, 6.07) is 11.2. The van der Waals surface area contributed by atoms with E-state index in [1.54, 1.807) is 26.4 Å². The molecule has 0 spiro atoms. The number of ether oxygens (including phenoxy) is 3. The molecule has 0 aliphatic carbocycles. The van der Waals surface area contributed by atoms with Crippen molar-refractivity contribution in [1.29, 1.82) is 0 Å². The van der Waals surface area contributed by atoms with Gasteiger partial charge in [-0.25, -0.2) is 4.98 Å². The monoisotopic (exact) mass is 464 g/mol. The van der Waals surface area contributed by atoms with Gasteiger partial charge in [-0.1, -0.05) is 19.1 Å². The molecular weight excluding hydrogens is 436 g/mol. The van der Waals surface area contributed by atoms with Crippen LogP contribution in [-0.2, 0) is 17.9 Å². The van der Waals surface area contributed by atoms with Crippen LogP contribution in [-0.4, -0.2) is 41.3 Å². The molecule has 2 N–H and O–H groups in total. The minimum atomic E-state index is -0.241. The molecule has 4 aromatic rings. The van der Waals surface area contributed by atoms with E-state index in [1.165, 1.54) is 10.9 Å². The summed E-state index contributed by atoms with van der Waals surface area (Å²) in [5.74, 6) is 1.78. The lowest BCUT2D eigenvalue weighted by Crippen LogP contribution is -2.27. The van der Waals surface area contributed by atoms with Crippen LogP contribution in [0.2, 0.25) is 0 Å². The minimum absolute atomic E-state index is 0.149. The van der Waals surface area contributed by atoms with Crippen molar-refractivity contribution >= 4 is 27.8 Å². The summed E-state index contributed by atoms with van der Waals surface area (Å²) < 4.78 is 17.7. The van der Waals surface area contributed by atoms with Crippen molar-refractivity contribution in [1.82, 2.24) is 19.9 Å². The van der Waals surface area contributed by atoms with Gasteiger partial charge >= 0.3 is 0 Å². The molecule has 2 aromatic carbocycles. The van der Waals surface area contributed by atoms with Crippen LogP contribution in [0.4, 0.5) is 0 Å². The number of aromatic nitrogens is 3. The van der Waals surface area contributed by atoms with Gasteiger partial charge in [-0.15, -0.1) is 0 Å². The molecule has 2 aromatic heterocycles. The first-order valence-electron chi connectivity index (χ1n) is 11.1. The van der Waals surface area contributed by atoms with Crippen molar-refractivity contribution < 1.29 is 19.0 Å². The van der Waals surface area contributed by atoms with Gasteiger partial charge in [0.05, 0.1) is 32.7 Å². The molecule has 1 amide bonds. The van der Waals surface area contributed by atoms with Crippen molar-refractivity contribution in [3.8, 4) is 17.2 Å². The molecule has 0 saturated carbocycles. The van der Waals surface area contributed by atoms with E-state index in [2.05, 4.69) is 22.2 Å². The molecule has 0 aliphatic heterocycles. The molecular formula is C25H28N4O5. The van der Waals surface area contributed by atoms with Crippen LogP contribution in [0.3, 0.4) is 0 Å². The second kappa shape index (κ2) is 10.3.